The van der Waals surface area contributed by atoms with Crippen LogP contribution in [0.3, 0.4) is 0 Å². The van der Waals surface area contributed by atoms with Gasteiger partial charge in [-0.1, -0.05) is 119 Å². The predicted molar refractivity (Wildman–Crippen MR) is 136 cm³/mol. The van der Waals surface area contributed by atoms with E-state index in [-0.39, 0.29) is 5.91 Å². The number of carbonyl (C=O) groups excluding carboxylic acids is 1. The van der Waals surface area contributed by atoms with E-state index in [0.717, 1.165) is 64.2 Å². The van der Waals surface area contributed by atoms with Crippen LogP contribution in [0.15, 0.2) is 72.9 Å². The normalized spacial score (nSPS) is 13.3. The van der Waals surface area contributed by atoms with Gasteiger partial charge >= 0.3 is 0 Å². The van der Waals surface area contributed by atoms with Crippen LogP contribution in [0.25, 0.3) is 0 Å². The topological polar surface area (TPSA) is 49.3 Å². The molecule has 0 aliphatic heterocycles. The molecule has 0 radical (unpaired) electrons. The van der Waals surface area contributed by atoms with E-state index in [0.29, 0.717) is 6.54 Å². The van der Waals surface area contributed by atoms with Crippen LogP contribution in [0.4, 0.5) is 0 Å². The van der Waals surface area contributed by atoms with E-state index in [9.17, 15) is 9.90 Å². The largest absolute Gasteiger partial charge is 0.388 e. The van der Waals surface area contributed by atoms with Gasteiger partial charge in [0.15, 0.2) is 0 Å². The average Bonchev–Trinajstić information content (AvgIpc) is 2.76. The van der Waals surface area contributed by atoms with Crippen molar-refractivity contribution in [2.75, 3.05) is 6.54 Å². The molecule has 0 heterocycles. The second kappa shape index (κ2) is 21.1. The molecule has 2 N–H and O–H groups in total. The fraction of sp³-hybridized carbons (Fsp3) is 0.536. The lowest BCUT2D eigenvalue weighted by molar-refractivity contribution is -0.118. The van der Waals surface area contributed by atoms with Crippen molar-refractivity contribution in [3.8, 4) is 0 Å². The van der Waals surface area contributed by atoms with E-state index in [1.165, 1.54) is 6.08 Å². The van der Waals surface area contributed by atoms with Crippen molar-refractivity contribution in [2.45, 2.75) is 90.6 Å². The number of nitrogens with one attached hydrogen (secondary N) is 1. The van der Waals surface area contributed by atoms with Crippen molar-refractivity contribution in [2.24, 2.45) is 0 Å². The number of hydrogen-bond acceptors (Lipinski definition) is 2. The van der Waals surface area contributed by atoms with Gasteiger partial charge < -0.3 is 10.4 Å². The molecule has 0 aromatic rings. The fourth-order valence-electron chi connectivity index (χ4n) is 3.07. The highest BCUT2D eigenvalue weighted by Crippen LogP contribution is 2.22. The number of unbranched alkanes of at least 4 members (excludes halogenated alkanes) is 5. The third kappa shape index (κ3) is 19.6. The molecule has 0 rings (SSSR count). The molecule has 174 valence electrons. The van der Waals surface area contributed by atoms with Crippen LogP contribution < -0.4 is 5.32 Å². The van der Waals surface area contributed by atoms with E-state index in [1.54, 1.807) is 6.08 Å². The van der Waals surface area contributed by atoms with Crippen LogP contribution in [0, 0.1) is 0 Å². The first-order valence-electron chi connectivity index (χ1n) is 12.0. The standard InChI is InChI=1S/C28H45NO2/c1-4-7-10-11-12-13-14-15-16-17-18-19-20-23-27(30)29-26-28(31,24-21-8-5-2)25-22-9-6-3/h4,7,10-15,18-20,23,31H,5-6,8-9,16-17,21-22,24-26H2,1-3H3,(H,29,30). The minimum Gasteiger partial charge on any atom is -0.388 e. The maximum atomic E-state index is 12.1. The molecule has 0 aliphatic carbocycles. The van der Waals surface area contributed by atoms with Crippen LogP contribution in [0.1, 0.15) is 85.0 Å². The molecule has 0 fully saturated rings. The summed E-state index contributed by atoms with van der Waals surface area (Å²) in [5, 5.41) is 13.8. The number of aliphatic hydroxyl groups is 1. The van der Waals surface area contributed by atoms with Gasteiger partial charge in [0.25, 0.3) is 0 Å². The SMILES string of the molecule is CC=CC=CC=CC=CCCC=CC=CC(=O)NCC(O)(CCCCC)CCCCC. The zero-order valence-electron chi connectivity index (χ0n) is 20.1. The third-order valence-corrected chi connectivity index (χ3v) is 4.96. The molecule has 0 aliphatic rings. The lowest BCUT2D eigenvalue weighted by Gasteiger charge is -2.28. The van der Waals surface area contributed by atoms with Gasteiger partial charge in [-0.15, -0.1) is 0 Å². The Morgan fingerprint density at radius 1 is 0.774 bits per heavy atom. The van der Waals surface area contributed by atoms with E-state index in [4.69, 9.17) is 0 Å². The van der Waals surface area contributed by atoms with Gasteiger partial charge in [-0.05, 0) is 32.6 Å². The summed E-state index contributed by atoms with van der Waals surface area (Å²) < 4.78 is 0. The second-order valence-electron chi connectivity index (χ2n) is 7.94. The van der Waals surface area contributed by atoms with Gasteiger partial charge in [-0.25, -0.2) is 0 Å². The summed E-state index contributed by atoms with van der Waals surface area (Å²) in [4.78, 5) is 12.1. The summed E-state index contributed by atoms with van der Waals surface area (Å²) >= 11 is 0. The van der Waals surface area contributed by atoms with E-state index in [1.807, 2.05) is 55.5 Å². The first-order chi connectivity index (χ1) is 15.1. The van der Waals surface area contributed by atoms with Gasteiger partial charge in [-0.3, -0.25) is 4.79 Å². The highest BCUT2D eigenvalue weighted by Gasteiger charge is 2.26. The summed E-state index contributed by atoms with van der Waals surface area (Å²) in [5.41, 5.74) is -0.785. The smallest absolute Gasteiger partial charge is 0.244 e. The zero-order valence-corrected chi connectivity index (χ0v) is 20.1. The van der Waals surface area contributed by atoms with E-state index < -0.39 is 5.60 Å². The molecule has 0 saturated heterocycles. The maximum Gasteiger partial charge on any atom is 0.244 e. The first kappa shape index (κ1) is 28.9. The molecule has 0 atom stereocenters. The van der Waals surface area contributed by atoms with E-state index >= 15 is 0 Å². The molecule has 0 aromatic carbocycles. The molecular weight excluding hydrogens is 382 g/mol. The molecule has 3 heteroatoms. The monoisotopic (exact) mass is 427 g/mol. The number of carbonyl (C=O) groups is 1. The van der Waals surface area contributed by atoms with Crippen LogP contribution in [0.5, 0.6) is 0 Å². The Labute approximate surface area is 191 Å². The Morgan fingerprint density at radius 2 is 1.29 bits per heavy atom. The summed E-state index contributed by atoms with van der Waals surface area (Å²) in [6.45, 7) is 6.65. The molecule has 0 aromatic heterocycles. The molecule has 3 nitrogen and oxygen atoms in total. The van der Waals surface area contributed by atoms with Gasteiger partial charge in [-0.2, -0.15) is 0 Å². The van der Waals surface area contributed by atoms with Crippen LogP contribution >= 0.6 is 0 Å². The van der Waals surface area contributed by atoms with Crippen molar-refractivity contribution >= 4 is 5.91 Å². The molecule has 0 spiro atoms. The quantitative estimate of drug-likeness (QED) is 0.139. The van der Waals surface area contributed by atoms with Crippen LogP contribution in [-0.2, 0) is 4.79 Å². The second-order valence-corrected chi connectivity index (χ2v) is 7.94. The Bertz CT molecular complexity index is 599. The Morgan fingerprint density at radius 3 is 1.84 bits per heavy atom. The molecule has 31 heavy (non-hydrogen) atoms. The maximum absolute atomic E-state index is 12.1. The Hall–Kier alpha value is -2.13. The van der Waals surface area contributed by atoms with Crippen molar-refractivity contribution < 1.29 is 9.90 Å². The van der Waals surface area contributed by atoms with E-state index in [2.05, 4.69) is 31.3 Å². The summed E-state index contributed by atoms with van der Waals surface area (Å²) in [7, 11) is 0. The predicted octanol–water partition coefficient (Wildman–Crippen LogP) is 7.13. The molecule has 0 unspecified atom stereocenters. The molecule has 0 saturated carbocycles. The minimum absolute atomic E-state index is 0.148. The van der Waals surface area contributed by atoms with Crippen molar-refractivity contribution in [1.82, 2.24) is 5.32 Å². The third-order valence-electron chi connectivity index (χ3n) is 4.96. The summed E-state index contributed by atoms with van der Waals surface area (Å²) in [5.74, 6) is -0.148. The lowest BCUT2D eigenvalue weighted by atomic mass is 9.90. The van der Waals surface area contributed by atoms with Gasteiger partial charge in [0.05, 0.1) is 5.60 Å². The highest BCUT2D eigenvalue weighted by atomic mass is 16.3. The number of rotatable bonds is 18. The molecule has 1 amide bonds. The Kier molecular flexibility index (Phi) is 19.7. The lowest BCUT2D eigenvalue weighted by Crippen LogP contribution is -2.42. The van der Waals surface area contributed by atoms with Gasteiger partial charge in [0.2, 0.25) is 5.91 Å². The molecular formula is C28H45NO2. The Balaban J connectivity index is 4.20. The fourth-order valence-corrected chi connectivity index (χ4v) is 3.07. The highest BCUT2D eigenvalue weighted by molar-refractivity contribution is 5.87. The number of amides is 1. The van der Waals surface area contributed by atoms with Gasteiger partial charge in [0, 0.05) is 12.6 Å². The van der Waals surface area contributed by atoms with Crippen LogP contribution in [-0.4, -0.2) is 23.2 Å². The number of hydrogen-bond donors (Lipinski definition) is 2. The summed E-state index contributed by atoms with van der Waals surface area (Å²) in [6, 6.07) is 0. The van der Waals surface area contributed by atoms with Crippen molar-refractivity contribution in [3.05, 3.63) is 72.9 Å². The van der Waals surface area contributed by atoms with Crippen LogP contribution in [0.2, 0.25) is 0 Å². The van der Waals surface area contributed by atoms with Crippen molar-refractivity contribution in [3.63, 3.8) is 0 Å². The number of allylic oxidation sites excluding steroid dienone is 11. The zero-order chi connectivity index (χ0) is 23.0. The molecule has 0 bridgehead atoms. The minimum atomic E-state index is -0.785. The average molecular weight is 428 g/mol. The summed E-state index contributed by atoms with van der Waals surface area (Å²) in [6.07, 6.45) is 33.3. The first-order valence-corrected chi connectivity index (χ1v) is 12.0. The van der Waals surface area contributed by atoms with Gasteiger partial charge in [0.1, 0.15) is 0 Å². The van der Waals surface area contributed by atoms with Crippen molar-refractivity contribution in [1.29, 1.82) is 0 Å².